The Balaban J connectivity index is 1.65. The summed E-state index contributed by atoms with van der Waals surface area (Å²) in [6, 6.07) is 9.80. The van der Waals surface area contributed by atoms with Gasteiger partial charge in [0.2, 0.25) is 11.9 Å². The van der Waals surface area contributed by atoms with E-state index < -0.39 is 49.5 Å². The van der Waals surface area contributed by atoms with Gasteiger partial charge >= 0.3 is 5.97 Å². The summed E-state index contributed by atoms with van der Waals surface area (Å²) in [6.45, 7) is 18.2. The van der Waals surface area contributed by atoms with Gasteiger partial charge in [-0.2, -0.15) is 4.98 Å². The molecule has 2 aliphatic rings. The average Bonchev–Trinajstić information content (AvgIpc) is 3.51. The summed E-state index contributed by atoms with van der Waals surface area (Å²) in [5, 5.41) is 2.60. The second-order valence-corrected chi connectivity index (χ2v) is 19.0. The summed E-state index contributed by atoms with van der Waals surface area (Å²) in [4.78, 5) is 49.8. The molecular weight excluding hydrogens is 606 g/mol. The zero-order valence-electron chi connectivity index (χ0n) is 28.3. The Hall–Kier alpha value is -3.39. The van der Waals surface area contributed by atoms with E-state index in [1.165, 1.54) is 13.3 Å². The van der Waals surface area contributed by atoms with Crippen LogP contribution >= 0.6 is 0 Å². The molecule has 3 heterocycles. The number of rotatable bonds is 11. The first kappa shape index (κ1) is 34.0. The van der Waals surface area contributed by atoms with Crippen LogP contribution in [0.5, 0.6) is 0 Å². The summed E-state index contributed by atoms with van der Waals surface area (Å²) >= 11 is 0. The lowest BCUT2D eigenvalue weighted by Crippen LogP contribution is -2.60. The molecular formula is C33H47N5O7Si. The number of hydrogen-bond donors (Lipinski definition) is 2. The number of aromatic amines is 1. The van der Waals surface area contributed by atoms with Crippen LogP contribution in [-0.4, -0.2) is 63.1 Å². The smallest absolute Gasteiger partial charge is 0.303 e. The van der Waals surface area contributed by atoms with Gasteiger partial charge < -0.3 is 18.6 Å². The van der Waals surface area contributed by atoms with Crippen LogP contribution in [0.4, 0.5) is 5.95 Å². The maximum absolute atomic E-state index is 13.1. The van der Waals surface area contributed by atoms with E-state index in [-0.39, 0.29) is 40.6 Å². The van der Waals surface area contributed by atoms with E-state index in [0.717, 1.165) is 18.4 Å². The van der Waals surface area contributed by atoms with Crippen LogP contribution in [0.3, 0.4) is 0 Å². The molecule has 1 saturated heterocycles. The second-order valence-electron chi connectivity index (χ2n) is 14.3. The molecule has 1 saturated carbocycles. The number of hydrogen-bond acceptors (Lipinski definition) is 9. The third-order valence-electron chi connectivity index (χ3n) is 9.67. The molecule has 1 amide bonds. The van der Waals surface area contributed by atoms with Crippen molar-refractivity contribution in [2.24, 2.45) is 5.92 Å². The fourth-order valence-corrected chi connectivity index (χ4v) is 7.71. The van der Waals surface area contributed by atoms with E-state index in [0.29, 0.717) is 6.42 Å². The van der Waals surface area contributed by atoms with Crippen LogP contribution in [0, 0.1) is 5.92 Å². The lowest BCUT2D eigenvalue weighted by Gasteiger charge is -2.47. The monoisotopic (exact) mass is 653 g/mol. The lowest BCUT2D eigenvalue weighted by molar-refractivity contribution is -0.184. The zero-order valence-corrected chi connectivity index (χ0v) is 29.3. The minimum absolute atomic E-state index is 0.0152. The van der Waals surface area contributed by atoms with E-state index in [2.05, 4.69) is 54.1 Å². The van der Waals surface area contributed by atoms with Crippen molar-refractivity contribution in [2.45, 2.75) is 122 Å². The normalized spacial score (nSPS) is 24.3. The number of amides is 1. The molecule has 0 spiro atoms. The number of fused-ring (bicyclic) bond motifs is 1. The van der Waals surface area contributed by atoms with Gasteiger partial charge in [-0.05, 0) is 43.0 Å². The Labute approximate surface area is 270 Å². The first-order valence-electron chi connectivity index (χ1n) is 16.0. The number of aromatic nitrogens is 4. The van der Waals surface area contributed by atoms with Crippen molar-refractivity contribution < 1.29 is 28.2 Å². The number of ether oxygens (including phenoxy) is 3. The van der Waals surface area contributed by atoms with Crippen molar-refractivity contribution in [3.63, 3.8) is 0 Å². The van der Waals surface area contributed by atoms with Gasteiger partial charge in [-0.1, -0.05) is 71.9 Å². The highest BCUT2D eigenvalue weighted by molar-refractivity contribution is 6.74. The summed E-state index contributed by atoms with van der Waals surface area (Å²) in [7, 11) is -2.31. The van der Waals surface area contributed by atoms with Crippen LogP contribution < -0.4 is 10.9 Å². The maximum Gasteiger partial charge on any atom is 0.303 e. The largest absolute Gasteiger partial charge is 0.455 e. The Morgan fingerprint density at radius 1 is 1.20 bits per heavy atom. The molecule has 250 valence electrons. The number of carbonyl (C=O) groups excluding carboxylic acids is 2. The molecule has 5 rings (SSSR count). The van der Waals surface area contributed by atoms with E-state index in [4.69, 9.17) is 18.6 Å². The number of esters is 1. The lowest BCUT2D eigenvalue weighted by atomic mass is 9.84. The Bertz CT molecular complexity index is 1640. The molecule has 1 aliphatic heterocycles. The molecule has 2 fully saturated rings. The summed E-state index contributed by atoms with van der Waals surface area (Å²) < 4.78 is 28.8. The minimum Gasteiger partial charge on any atom is -0.455 e. The molecule has 46 heavy (non-hydrogen) atoms. The molecule has 1 unspecified atom stereocenters. The van der Waals surface area contributed by atoms with E-state index in [1.807, 2.05) is 37.3 Å². The number of benzene rings is 1. The van der Waals surface area contributed by atoms with Crippen molar-refractivity contribution in [1.29, 1.82) is 0 Å². The number of carbonyl (C=O) groups is 2. The van der Waals surface area contributed by atoms with Crippen LogP contribution in [0.2, 0.25) is 18.1 Å². The Kier molecular flexibility index (Phi) is 9.10. The molecule has 12 nitrogen and oxygen atoms in total. The summed E-state index contributed by atoms with van der Waals surface area (Å²) in [5.41, 5.74) is -1.04. The van der Waals surface area contributed by atoms with Gasteiger partial charge in [0.25, 0.3) is 5.56 Å². The van der Waals surface area contributed by atoms with Gasteiger partial charge in [0.1, 0.15) is 11.7 Å². The van der Waals surface area contributed by atoms with Gasteiger partial charge in [-0.15, -0.1) is 0 Å². The fraction of sp³-hybridized carbons (Fsp3) is 0.606. The molecule has 4 atom stereocenters. The number of anilines is 1. The summed E-state index contributed by atoms with van der Waals surface area (Å²) in [5.74, 6) is -1.16. The first-order valence-corrected chi connectivity index (χ1v) is 18.9. The Morgan fingerprint density at radius 3 is 2.43 bits per heavy atom. The topological polar surface area (TPSA) is 147 Å². The number of nitrogens with one attached hydrogen (secondary N) is 2. The van der Waals surface area contributed by atoms with E-state index >= 15 is 0 Å². The van der Waals surface area contributed by atoms with Gasteiger partial charge in [0, 0.05) is 12.8 Å². The minimum atomic E-state index is -2.31. The third kappa shape index (κ3) is 6.17. The van der Waals surface area contributed by atoms with E-state index in [9.17, 15) is 14.4 Å². The van der Waals surface area contributed by atoms with Crippen molar-refractivity contribution in [3.05, 3.63) is 52.6 Å². The SMILES string of the molecule is CC[C@@]1(C2(O[Si](C)(C)C(C)(C)C)CC2)O[C@@H](n2cnc3c(=O)[nH]c(NC(=O)C(C)C)nc32)[C@@H](OC(C)=O)C1OCc1ccccc1. The molecule has 3 aromatic rings. The van der Waals surface area contributed by atoms with Crippen LogP contribution in [0.15, 0.2) is 41.5 Å². The molecule has 0 radical (unpaired) electrons. The zero-order chi connectivity index (χ0) is 33.7. The predicted octanol–water partition coefficient (Wildman–Crippen LogP) is 5.46. The standard InChI is InChI=1S/C33H47N5O7Si/c1-10-33(32(16-17-32)45-46(8,9)31(5,6)7)25(42-18-22-14-12-11-13-15-22)24(43-21(4)39)29(44-33)38-19-34-23-26(38)35-30(37-28(23)41)36-27(40)20(2)3/h11-15,19-20,24-25,29H,10,16-18H2,1-9H3,(H2,35,36,37,40,41)/t24-,25?,29+,33+/m0/s1. The number of nitrogens with zero attached hydrogens (tertiary/aromatic N) is 3. The highest BCUT2D eigenvalue weighted by atomic mass is 28.4. The Morgan fingerprint density at radius 2 is 1.87 bits per heavy atom. The molecule has 2 N–H and O–H groups in total. The van der Waals surface area contributed by atoms with Crippen LogP contribution in [-0.2, 0) is 34.8 Å². The van der Waals surface area contributed by atoms with Gasteiger partial charge in [0.15, 0.2) is 31.8 Å². The van der Waals surface area contributed by atoms with Crippen LogP contribution in [0.1, 0.15) is 79.5 Å². The van der Waals surface area contributed by atoms with E-state index in [1.54, 1.807) is 18.4 Å². The number of H-pyrrole nitrogens is 1. The molecule has 13 heteroatoms. The van der Waals surface area contributed by atoms with Gasteiger partial charge in [0.05, 0.1) is 18.5 Å². The van der Waals surface area contributed by atoms with Crippen molar-refractivity contribution in [2.75, 3.05) is 5.32 Å². The molecule has 0 bridgehead atoms. The first-order chi connectivity index (χ1) is 21.5. The molecule has 1 aromatic carbocycles. The quantitative estimate of drug-likeness (QED) is 0.203. The maximum atomic E-state index is 13.1. The van der Waals surface area contributed by atoms with Gasteiger partial charge in [-0.3, -0.25) is 29.3 Å². The molecule has 1 aliphatic carbocycles. The summed E-state index contributed by atoms with van der Waals surface area (Å²) in [6.07, 6.45) is 0.838. The third-order valence-corrected chi connectivity index (χ3v) is 14.2. The van der Waals surface area contributed by atoms with Crippen molar-refractivity contribution in [3.8, 4) is 0 Å². The van der Waals surface area contributed by atoms with Crippen molar-refractivity contribution >= 4 is 37.3 Å². The van der Waals surface area contributed by atoms with Gasteiger partial charge in [-0.25, -0.2) is 4.98 Å². The fourth-order valence-electron chi connectivity index (χ4n) is 6.05. The average molecular weight is 654 g/mol. The molecule has 2 aromatic heterocycles. The highest BCUT2D eigenvalue weighted by Gasteiger charge is 2.73. The predicted molar refractivity (Wildman–Crippen MR) is 176 cm³/mol. The second kappa shape index (κ2) is 12.3. The van der Waals surface area contributed by atoms with Crippen molar-refractivity contribution in [1.82, 2.24) is 19.5 Å². The van der Waals surface area contributed by atoms with Crippen LogP contribution in [0.25, 0.3) is 11.2 Å². The number of imidazole rings is 1. The highest BCUT2D eigenvalue weighted by Crippen LogP contribution is 2.62.